The van der Waals surface area contributed by atoms with Crippen molar-refractivity contribution in [3.05, 3.63) is 106 Å². The second kappa shape index (κ2) is 12.9. The molecule has 0 aliphatic carbocycles. The predicted molar refractivity (Wildman–Crippen MR) is 157 cm³/mol. The average Bonchev–Trinajstić information content (AvgIpc) is 3.35. The quantitative estimate of drug-likeness (QED) is 0.167. The highest BCUT2D eigenvalue weighted by Crippen LogP contribution is 2.36. The van der Waals surface area contributed by atoms with Crippen LogP contribution in [0.2, 0.25) is 0 Å². The van der Waals surface area contributed by atoms with Gasteiger partial charge in [-0.1, -0.05) is 60.2 Å². The largest absolute Gasteiger partial charge is 0.493 e. The monoisotopic (exact) mass is 541 g/mol. The van der Waals surface area contributed by atoms with E-state index < -0.39 is 5.97 Å². The van der Waals surface area contributed by atoms with Crippen molar-refractivity contribution in [2.24, 2.45) is 0 Å². The fraction of sp³-hybridized carbons (Fsp3) is 0.188. The molecule has 0 bridgehead atoms. The molecule has 3 aromatic carbocycles. The Balaban J connectivity index is 1.48. The number of nitrogens with one attached hydrogen (secondary N) is 1. The van der Waals surface area contributed by atoms with Crippen LogP contribution in [0.1, 0.15) is 39.5 Å². The molecule has 0 saturated heterocycles. The van der Waals surface area contributed by atoms with E-state index in [4.69, 9.17) is 14.2 Å². The van der Waals surface area contributed by atoms with Gasteiger partial charge in [0.05, 0.1) is 13.7 Å². The van der Waals surface area contributed by atoms with E-state index in [1.165, 1.54) is 17.4 Å². The molecule has 0 saturated carbocycles. The minimum Gasteiger partial charge on any atom is -0.493 e. The number of thiophene rings is 1. The predicted octanol–water partition coefficient (Wildman–Crippen LogP) is 7.45. The number of amides is 1. The molecule has 1 heterocycles. The second-order valence-electron chi connectivity index (χ2n) is 8.89. The minimum absolute atomic E-state index is 0.238. The van der Waals surface area contributed by atoms with Crippen molar-refractivity contribution in [1.82, 2.24) is 0 Å². The van der Waals surface area contributed by atoms with E-state index in [0.29, 0.717) is 28.7 Å². The molecule has 0 unspecified atom stereocenters. The first-order valence-corrected chi connectivity index (χ1v) is 13.5. The number of anilines is 1. The Morgan fingerprint density at radius 2 is 1.74 bits per heavy atom. The fourth-order valence-electron chi connectivity index (χ4n) is 3.96. The van der Waals surface area contributed by atoms with Crippen LogP contribution in [0, 0.1) is 13.8 Å². The van der Waals surface area contributed by atoms with Crippen LogP contribution in [0.5, 0.6) is 11.5 Å². The zero-order valence-electron chi connectivity index (χ0n) is 22.4. The maximum atomic E-state index is 12.8. The fourth-order valence-corrected chi connectivity index (χ4v) is 4.92. The number of carbonyl (C=O) groups is 2. The van der Waals surface area contributed by atoms with Crippen molar-refractivity contribution >= 4 is 34.3 Å². The van der Waals surface area contributed by atoms with Crippen LogP contribution in [-0.4, -0.2) is 25.6 Å². The molecule has 1 aromatic heterocycles. The van der Waals surface area contributed by atoms with Gasteiger partial charge in [-0.15, -0.1) is 11.3 Å². The molecule has 0 aliphatic heterocycles. The summed E-state index contributed by atoms with van der Waals surface area (Å²) in [6, 6.07) is 21.4. The molecule has 0 aliphatic rings. The van der Waals surface area contributed by atoms with E-state index in [0.717, 1.165) is 33.4 Å². The van der Waals surface area contributed by atoms with E-state index in [1.54, 1.807) is 20.1 Å². The Bertz CT molecular complexity index is 1490. The Kier molecular flexibility index (Phi) is 9.18. The van der Waals surface area contributed by atoms with Crippen molar-refractivity contribution in [2.75, 3.05) is 19.0 Å². The summed E-state index contributed by atoms with van der Waals surface area (Å²) in [6.07, 6.45) is 3.10. The van der Waals surface area contributed by atoms with Crippen molar-refractivity contribution < 1.29 is 23.8 Å². The molecule has 1 amide bonds. The van der Waals surface area contributed by atoms with Gasteiger partial charge in [0.1, 0.15) is 17.2 Å². The number of carbonyl (C=O) groups excluding carboxylic acids is 2. The molecule has 7 heteroatoms. The summed E-state index contributed by atoms with van der Waals surface area (Å²) in [5.74, 6) is 0.344. The van der Waals surface area contributed by atoms with Crippen LogP contribution in [0.25, 0.3) is 17.2 Å². The van der Waals surface area contributed by atoms with Crippen LogP contribution in [-0.2, 0) is 16.1 Å². The summed E-state index contributed by atoms with van der Waals surface area (Å²) in [5.41, 5.74) is 6.10. The third-order valence-electron chi connectivity index (χ3n) is 6.13. The molecule has 1 N–H and O–H groups in total. The number of hydrogen-bond donors (Lipinski definition) is 1. The van der Waals surface area contributed by atoms with Crippen LogP contribution in [0.15, 0.2) is 78.2 Å². The summed E-state index contributed by atoms with van der Waals surface area (Å²) < 4.78 is 16.8. The maximum absolute atomic E-state index is 12.8. The van der Waals surface area contributed by atoms with Crippen molar-refractivity contribution in [2.45, 2.75) is 27.4 Å². The summed E-state index contributed by atoms with van der Waals surface area (Å²) in [4.78, 5) is 25.6. The number of hydrogen-bond acceptors (Lipinski definition) is 6. The molecule has 200 valence electrons. The molecule has 39 heavy (non-hydrogen) atoms. The van der Waals surface area contributed by atoms with Gasteiger partial charge >= 0.3 is 5.97 Å². The van der Waals surface area contributed by atoms with Gasteiger partial charge in [0.25, 0.3) is 0 Å². The van der Waals surface area contributed by atoms with Gasteiger partial charge in [-0.05, 0) is 61.2 Å². The molecule has 0 spiro atoms. The van der Waals surface area contributed by atoms with Gasteiger partial charge in [0.2, 0.25) is 5.91 Å². The highest BCUT2D eigenvalue weighted by Gasteiger charge is 2.22. The first-order valence-electron chi connectivity index (χ1n) is 12.6. The van der Waals surface area contributed by atoms with Gasteiger partial charge in [0.15, 0.2) is 11.5 Å². The van der Waals surface area contributed by atoms with Gasteiger partial charge in [0, 0.05) is 17.0 Å². The van der Waals surface area contributed by atoms with E-state index in [-0.39, 0.29) is 12.5 Å². The second-order valence-corrected chi connectivity index (χ2v) is 9.77. The number of esters is 1. The lowest BCUT2D eigenvalue weighted by atomic mass is 10.0. The number of aryl methyl sites for hydroxylation is 2. The Hall–Kier alpha value is -4.36. The normalized spacial score (nSPS) is 10.9. The van der Waals surface area contributed by atoms with Crippen LogP contribution in [0.3, 0.4) is 0 Å². The molecule has 0 atom stereocenters. The lowest BCUT2D eigenvalue weighted by Gasteiger charge is -2.12. The molecule has 4 rings (SSSR count). The molecule has 0 radical (unpaired) electrons. The zero-order valence-corrected chi connectivity index (χ0v) is 23.3. The summed E-state index contributed by atoms with van der Waals surface area (Å²) >= 11 is 1.29. The molecule has 0 fully saturated rings. The van der Waals surface area contributed by atoms with Gasteiger partial charge in [-0.3, -0.25) is 4.79 Å². The van der Waals surface area contributed by atoms with Gasteiger partial charge < -0.3 is 19.5 Å². The third kappa shape index (κ3) is 6.94. The first kappa shape index (κ1) is 27.7. The van der Waals surface area contributed by atoms with Gasteiger partial charge in [-0.2, -0.15) is 0 Å². The number of benzene rings is 3. The Morgan fingerprint density at radius 1 is 0.974 bits per heavy atom. The number of rotatable bonds is 10. The molecular weight excluding hydrogens is 510 g/mol. The van der Waals surface area contributed by atoms with Crippen molar-refractivity contribution in [3.8, 4) is 22.6 Å². The first-order chi connectivity index (χ1) is 18.9. The zero-order chi connectivity index (χ0) is 27.8. The molecule has 6 nitrogen and oxygen atoms in total. The van der Waals surface area contributed by atoms with E-state index in [1.807, 2.05) is 86.0 Å². The summed E-state index contributed by atoms with van der Waals surface area (Å²) in [5, 5.41) is 5.14. The Labute approximate surface area is 232 Å². The maximum Gasteiger partial charge on any atom is 0.341 e. The molecular formula is C32H31NO5S. The van der Waals surface area contributed by atoms with Crippen LogP contribution in [0.4, 0.5) is 5.00 Å². The Morgan fingerprint density at radius 3 is 2.46 bits per heavy atom. The van der Waals surface area contributed by atoms with E-state index >= 15 is 0 Å². The van der Waals surface area contributed by atoms with E-state index in [9.17, 15) is 9.59 Å². The number of methoxy groups -OCH3 is 1. The van der Waals surface area contributed by atoms with Crippen LogP contribution >= 0.6 is 11.3 Å². The topological polar surface area (TPSA) is 73.9 Å². The average molecular weight is 542 g/mol. The minimum atomic E-state index is -0.473. The standard InChI is InChI=1S/C32H31NO5S/c1-5-37-32(35)30-26(24-14-10-21(2)11-15-24)20-39-31(30)33-29(34)17-13-23-12-16-27(28(18-23)36-4)38-19-25-9-7-6-8-22(25)3/h6-18,20H,5,19H2,1-4H3,(H,33,34)/b17-13+. The lowest BCUT2D eigenvalue weighted by Crippen LogP contribution is -2.12. The SMILES string of the molecule is CCOC(=O)c1c(-c2ccc(C)cc2)csc1NC(=O)/C=C/c1ccc(OCc2ccccc2C)c(OC)c1. The third-order valence-corrected chi connectivity index (χ3v) is 7.02. The van der Waals surface area contributed by atoms with Crippen molar-refractivity contribution in [3.63, 3.8) is 0 Å². The number of ether oxygens (including phenoxy) is 3. The van der Waals surface area contributed by atoms with E-state index in [2.05, 4.69) is 5.32 Å². The van der Waals surface area contributed by atoms with Gasteiger partial charge in [-0.25, -0.2) is 4.79 Å². The van der Waals surface area contributed by atoms with Crippen LogP contribution < -0.4 is 14.8 Å². The summed E-state index contributed by atoms with van der Waals surface area (Å²) in [6.45, 7) is 6.47. The van der Waals surface area contributed by atoms with Crippen molar-refractivity contribution in [1.29, 1.82) is 0 Å². The highest BCUT2D eigenvalue weighted by atomic mass is 32.1. The highest BCUT2D eigenvalue weighted by molar-refractivity contribution is 7.15. The lowest BCUT2D eigenvalue weighted by molar-refractivity contribution is -0.111. The smallest absolute Gasteiger partial charge is 0.341 e. The molecule has 4 aromatic rings. The summed E-state index contributed by atoms with van der Waals surface area (Å²) in [7, 11) is 1.58.